The topological polar surface area (TPSA) is 40.6 Å². The largest absolute Gasteiger partial charge is 0.493 e. The molecule has 0 spiro atoms. The van der Waals surface area contributed by atoms with E-state index in [0.29, 0.717) is 0 Å². The van der Waals surface area contributed by atoms with Gasteiger partial charge in [-0.05, 0) is 60.4 Å². The molecule has 4 nitrogen and oxygen atoms in total. The Bertz CT molecular complexity index is 861. The fourth-order valence-electron chi connectivity index (χ4n) is 3.03. The third kappa shape index (κ3) is 4.47. The SMILES string of the molecule is COc1ccc(-c2ccc([C@@H](OC(C)C)c3ccncc3)cc2)cc1OC. The van der Waals surface area contributed by atoms with E-state index in [1.54, 1.807) is 26.6 Å². The maximum atomic E-state index is 6.17. The highest BCUT2D eigenvalue weighted by Crippen LogP contribution is 2.34. The van der Waals surface area contributed by atoms with Crippen molar-refractivity contribution in [3.05, 3.63) is 78.1 Å². The quantitative estimate of drug-likeness (QED) is 0.573. The number of aromatic nitrogens is 1. The lowest BCUT2D eigenvalue weighted by molar-refractivity contribution is 0.0303. The first-order valence-electron chi connectivity index (χ1n) is 9.00. The molecule has 0 unspecified atom stereocenters. The fraction of sp³-hybridized carbons (Fsp3) is 0.261. The van der Waals surface area contributed by atoms with Crippen molar-refractivity contribution in [1.29, 1.82) is 0 Å². The highest BCUT2D eigenvalue weighted by Gasteiger charge is 2.16. The van der Waals surface area contributed by atoms with Crippen LogP contribution in [-0.2, 0) is 4.74 Å². The van der Waals surface area contributed by atoms with Crippen LogP contribution in [0.3, 0.4) is 0 Å². The molecule has 3 rings (SSSR count). The van der Waals surface area contributed by atoms with E-state index in [-0.39, 0.29) is 12.2 Å². The molecule has 3 aromatic rings. The third-order valence-corrected chi connectivity index (χ3v) is 4.35. The summed E-state index contributed by atoms with van der Waals surface area (Å²) in [5.41, 5.74) is 4.39. The Kier molecular flexibility index (Phi) is 6.09. The molecule has 1 aromatic heterocycles. The van der Waals surface area contributed by atoms with Crippen molar-refractivity contribution in [2.45, 2.75) is 26.1 Å². The Morgan fingerprint density at radius 3 is 1.89 bits per heavy atom. The Balaban J connectivity index is 1.91. The molecule has 0 amide bonds. The van der Waals surface area contributed by atoms with Crippen molar-refractivity contribution in [1.82, 2.24) is 4.98 Å². The number of nitrogens with zero attached hydrogens (tertiary/aromatic N) is 1. The molecule has 0 aliphatic carbocycles. The van der Waals surface area contributed by atoms with E-state index in [2.05, 4.69) is 29.2 Å². The average Bonchev–Trinajstić information content (AvgIpc) is 2.72. The van der Waals surface area contributed by atoms with Crippen molar-refractivity contribution in [3.63, 3.8) is 0 Å². The van der Waals surface area contributed by atoms with E-state index in [4.69, 9.17) is 14.2 Å². The third-order valence-electron chi connectivity index (χ3n) is 4.35. The molecule has 1 atom stereocenters. The minimum atomic E-state index is -0.118. The van der Waals surface area contributed by atoms with Crippen LogP contribution in [-0.4, -0.2) is 25.3 Å². The second kappa shape index (κ2) is 8.69. The summed E-state index contributed by atoms with van der Waals surface area (Å²) in [6, 6.07) is 18.4. The van der Waals surface area contributed by atoms with Crippen molar-refractivity contribution < 1.29 is 14.2 Å². The highest BCUT2D eigenvalue weighted by atomic mass is 16.5. The Morgan fingerprint density at radius 1 is 0.704 bits per heavy atom. The molecule has 0 saturated carbocycles. The Hall–Kier alpha value is -2.85. The molecule has 4 heteroatoms. The maximum absolute atomic E-state index is 6.17. The predicted octanol–water partition coefficient (Wildman–Crippen LogP) is 5.28. The van der Waals surface area contributed by atoms with Crippen LogP contribution in [0.2, 0.25) is 0 Å². The molecule has 0 saturated heterocycles. The summed E-state index contributed by atoms with van der Waals surface area (Å²) in [7, 11) is 3.29. The van der Waals surface area contributed by atoms with Crippen LogP contribution in [0, 0.1) is 0 Å². The fourth-order valence-corrected chi connectivity index (χ4v) is 3.03. The van der Waals surface area contributed by atoms with E-state index >= 15 is 0 Å². The van der Waals surface area contributed by atoms with Crippen molar-refractivity contribution >= 4 is 0 Å². The lowest BCUT2D eigenvalue weighted by Crippen LogP contribution is -2.12. The van der Waals surface area contributed by atoms with Gasteiger partial charge in [-0.1, -0.05) is 30.3 Å². The molecule has 27 heavy (non-hydrogen) atoms. The molecule has 2 aromatic carbocycles. The first-order chi connectivity index (χ1) is 13.1. The van der Waals surface area contributed by atoms with Gasteiger partial charge in [0.05, 0.1) is 20.3 Å². The summed E-state index contributed by atoms with van der Waals surface area (Å²) < 4.78 is 16.9. The van der Waals surface area contributed by atoms with Crippen LogP contribution in [0.5, 0.6) is 11.5 Å². The first kappa shape index (κ1) is 18.9. The lowest BCUT2D eigenvalue weighted by atomic mass is 9.98. The van der Waals surface area contributed by atoms with Crippen molar-refractivity contribution in [3.8, 4) is 22.6 Å². The molecule has 0 aliphatic rings. The normalized spacial score (nSPS) is 12.0. The molecule has 0 N–H and O–H groups in total. The van der Waals surface area contributed by atoms with E-state index in [1.165, 1.54) is 0 Å². The molecule has 0 radical (unpaired) electrons. The van der Waals surface area contributed by atoms with E-state index in [0.717, 1.165) is 33.8 Å². The van der Waals surface area contributed by atoms with Crippen LogP contribution in [0.15, 0.2) is 67.0 Å². The number of methoxy groups -OCH3 is 2. The van der Waals surface area contributed by atoms with Gasteiger partial charge in [0.15, 0.2) is 11.5 Å². The van der Waals surface area contributed by atoms with Gasteiger partial charge in [0, 0.05) is 12.4 Å². The van der Waals surface area contributed by atoms with Crippen LogP contribution >= 0.6 is 0 Å². The van der Waals surface area contributed by atoms with E-state index < -0.39 is 0 Å². The maximum Gasteiger partial charge on any atom is 0.161 e. The van der Waals surface area contributed by atoms with Gasteiger partial charge in [-0.15, -0.1) is 0 Å². The Morgan fingerprint density at radius 2 is 1.30 bits per heavy atom. The van der Waals surface area contributed by atoms with Crippen LogP contribution in [0.25, 0.3) is 11.1 Å². The molecule has 0 aliphatic heterocycles. The molecular formula is C23H25NO3. The standard InChI is InChI=1S/C23H25NO3/c1-16(2)27-23(19-11-13-24-14-12-19)18-7-5-17(6-8-18)20-9-10-21(25-3)22(15-20)26-4/h5-16,23H,1-4H3/t23-/m1/s1. The smallest absolute Gasteiger partial charge is 0.161 e. The second-order valence-corrected chi connectivity index (χ2v) is 6.54. The summed E-state index contributed by atoms with van der Waals surface area (Å²) in [4.78, 5) is 4.11. The second-order valence-electron chi connectivity index (χ2n) is 6.54. The van der Waals surface area contributed by atoms with Crippen molar-refractivity contribution in [2.75, 3.05) is 14.2 Å². The number of hydrogen-bond acceptors (Lipinski definition) is 4. The average molecular weight is 363 g/mol. The number of ether oxygens (including phenoxy) is 3. The molecule has 1 heterocycles. The van der Waals surface area contributed by atoms with Gasteiger partial charge < -0.3 is 14.2 Å². The number of benzene rings is 2. The van der Waals surface area contributed by atoms with Crippen LogP contribution in [0.4, 0.5) is 0 Å². The van der Waals surface area contributed by atoms with Gasteiger partial charge in [-0.25, -0.2) is 0 Å². The zero-order valence-corrected chi connectivity index (χ0v) is 16.2. The summed E-state index contributed by atoms with van der Waals surface area (Å²) in [6.07, 6.45) is 3.59. The van der Waals surface area contributed by atoms with E-state index in [9.17, 15) is 0 Å². The van der Waals surface area contributed by atoms with Crippen molar-refractivity contribution in [2.24, 2.45) is 0 Å². The molecule has 140 valence electrons. The predicted molar refractivity (Wildman–Crippen MR) is 107 cm³/mol. The highest BCUT2D eigenvalue weighted by molar-refractivity contribution is 5.67. The summed E-state index contributed by atoms with van der Waals surface area (Å²) in [5, 5.41) is 0. The van der Waals surface area contributed by atoms with Gasteiger partial charge in [0.25, 0.3) is 0 Å². The lowest BCUT2D eigenvalue weighted by Gasteiger charge is -2.21. The number of rotatable bonds is 7. The zero-order chi connectivity index (χ0) is 19.2. The van der Waals surface area contributed by atoms with Gasteiger partial charge in [0.2, 0.25) is 0 Å². The number of pyridine rings is 1. The van der Waals surface area contributed by atoms with E-state index in [1.807, 2.05) is 44.2 Å². The van der Waals surface area contributed by atoms with Gasteiger partial charge in [-0.3, -0.25) is 4.98 Å². The molecule has 0 bridgehead atoms. The molecule has 0 fully saturated rings. The van der Waals surface area contributed by atoms with Gasteiger partial charge in [-0.2, -0.15) is 0 Å². The van der Waals surface area contributed by atoms with Crippen LogP contribution < -0.4 is 9.47 Å². The monoisotopic (exact) mass is 363 g/mol. The zero-order valence-electron chi connectivity index (χ0n) is 16.2. The van der Waals surface area contributed by atoms with Gasteiger partial charge in [0.1, 0.15) is 6.10 Å². The summed E-state index contributed by atoms with van der Waals surface area (Å²) >= 11 is 0. The van der Waals surface area contributed by atoms with Crippen LogP contribution in [0.1, 0.15) is 31.1 Å². The summed E-state index contributed by atoms with van der Waals surface area (Å²) in [5.74, 6) is 1.44. The van der Waals surface area contributed by atoms with Gasteiger partial charge >= 0.3 is 0 Å². The molecular weight excluding hydrogens is 338 g/mol. The number of hydrogen-bond donors (Lipinski definition) is 0. The Labute approximate surface area is 160 Å². The summed E-state index contributed by atoms with van der Waals surface area (Å²) in [6.45, 7) is 4.10. The minimum absolute atomic E-state index is 0.118. The first-order valence-corrected chi connectivity index (χ1v) is 9.00. The minimum Gasteiger partial charge on any atom is -0.493 e.